The van der Waals surface area contributed by atoms with E-state index in [1.54, 1.807) is 13.2 Å². The first-order chi connectivity index (χ1) is 8.72. The Bertz CT molecular complexity index is 551. The fraction of sp³-hybridized carbons (Fsp3) is 0.154. The quantitative estimate of drug-likeness (QED) is 0.941. The molecule has 94 valence electrons. The first kappa shape index (κ1) is 12.9. The topological polar surface area (TPSA) is 51.5 Å². The summed E-state index contributed by atoms with van der Waals surface area (Å²) in [6.45, 7) is 0.447. The molecule has 0 aliphatic heterocycles. The fourth-order valence-electron chi connectivity index (χ4n) is 1.57. The van der Waals surface area contributed by atoms with Crippen molar-refractivity contribution in [3.8, 4) is 0 Å². The van der Waals surface area contributed by atoms with Gasteiger partial charge in [-0.3, -0.25) is 4.79 Å². The Balaban J connectivity index is 2.19. The van der Waals surface area contributed by atoms with Crippen LogP contribution in [0, 0.1) is 0 Å². The highest BCUT2D eigenvalue weighted by Gasteiger charge is 2.13. The van der Waals surface area contributed by atoms with Crippen LogP contribution in [0.25, 0.3) is 0 Å². The minimum atomic E-state index is -0.223. The van der Waals surface area contributed by atoms with Gasteiger partial charge in [0.2, 0.25) is 0 Å². The highest BCUT2D eigenvalue weighted by atomic mass is 79.9. The number of benzene rings is 1. The molecule has 2 rings (SSSR count). The number of halogens is 1. The second-order valence-electron chi connectivity index (χ2n) is 3.65. The summed E-state index contributed by atoms with van der Waals surface area (Å²) in [5, 5.41) is 2.83. The molecule has 18 heavy (non-hydrogen) atoms. The maximum atomic E-state index is 12.0. The van der Waals surface area contributed by atoms with Gasteiger partial charge in [0.1, 0.15) is 0 Å². The molecule has 1 amide bonds. The summed E-state index contributed by atoms with van der Waals surface area (Å²) in [6.07, 6.45) is 1.46. The van der Waals surface area contributed by atoms with E-state index >= 15 is 0 Å². The fourth-order valence-corrected chi connectivity index (χ4v) is 1.99. The molecule has 0 fully saturated rings. The molecule has 0 spiro atoms. The highest BCUT2D eigenvalue weighted by Crippen LogP contribution is 2.21. The Morgan fingerprint density at radius 1 is 1.39 bits per heavy atom. The predicted molar refractivity (Wildman–Crippen MR) is 71.5 cm³/mol. The number of methoxy groups -OCH3 is 1. The molecule has 1 aromatic heterocycles. The van der Waals surface area contributed by atoms with Crippen LogP contribution in [0.4, 0.5) is 5.69 Å². The van der Waals surface area contributed by atoms with Crippen LogP contribution in [-0.2, 0) is 11.3 Å². The van der Waals surface area contributed by atoms with Crippen LogP contribution in [-0.4, -0.2) is 13.0 Å². The Hall–Kier alpha value is -1.59. The van der Waals surface area contributed by atoms with E-state index in [1.807, 2.05) is 24.3 Å². The highest BCUT2D eigenvalue weighted by molar-refractivity contribution is 9.10. The Morgan fingerprint density at radius 3 is 2.83 bits per heavy atom. The number of ether oxygens (including phenoxy) is 1. The summed E-state index contributed by atoms with van der Waals surface area (Å²) in [5.41, 5.74) is 2.12. The second-order valence-corrected chi connectivity index (χ2v) is 4.37. The molecule has 0 atom stereocenters. The zero-order valence-electron chi connectivity index (χ0n) is 9.77. The molecule has 0 unspecified atom stereocenters. The molecule has 1 N–H and O–H groups in total. The molecule has 0 saturated heterocycles. The van der Waals surface area contributed by atoms with E-state index in [0.29, 0.717) is 16.8 Å². The van der Waals surface area contributed by atoms with Crippen molar-refractivity contribution in [2.45, 2.75) is 6.61 Å². The molecule has 0 bridgehead atoms. The minimum absolute atomic E-state index is 0.223. The van der Waals surface area contributed by atoms with Crippen molar-refractivity contribution < 1.29 is 13.9 Å². The lowest BCUT2D eigenvalue weighted by molar-refractivity contribution is 0.102. The number of hydrogen-bond donors (Lipinski definition) is 1. The van der Waals surface area contributed by atoms with Crippen LogP contribution in [0.2, 0.25) is 0 Å². The summed E-state index contributed by atoms with van der Waals surface area (Å²) in [5.74, 6) is -0.223. The van der Waals surface area contributed by atoms with Gasteiger partial charge in [-0.25, -0.2) is 0 Å². The maximum Gasteiger partial charge on any atom is 0.260 e. The van der Waals surface area contributed by atoms with Crippen molar-refractivity contribution >= 4 is 27.5 Å². The average Bonchev–Trinajstić information content (AvgIpc) is 2.78. The van der Waals surface area contributed by atoms with Gasteiger partial charge in [-0.1, -0.05) is 18.2 Å². The number of carbonyl (C=O) groups excluding carboxylic acids is 1. The summed E-state index contributed by atoms with van der Waals surface area (Å²) < 4.78 is 10.5. The lowest BCUT2D eigenvalue weighted by Gasteiger charge is -2.09. The summed E-state index contributed by atoms with van der Waals surface area (Å²) in [6, 6.07) is 9.11. The van der Waals surface area contributed by atoms with E-state index < -0.39 is 0 Å². The van der Waals surface area contributed by atoms with E-state index in [9.17, 15) is 4.79 Å². The van der Waals surface area contributed by atoms with Crippen LogP contribution in [0.15, 0.2) is 45.7 Å². The SMILES string of the molecule is COCc1ccccc1NC(=O)c1ccoc1Br. The average molecular weight is 310 g/mol. The molecule has 1 aromatic carbocycles. The lowest BCUT2D eigenvalue weighted by atomic mass is 10.2. The van der Waals surface area contributed by atoms with Gasteiger partial charge in [-0.05, 0) is 28.1 Å². The molecule has 0 radical (unpaired) electrons. The zero-order chi connectivity index (χ0) is 13.0. The monoisotopic (exact) mass is 309 g/mol. The Morgan fingerprint density at radius 2 is 2.17 bits per heavy atom. The van der Waals surface area contributed by atoms with Gasteiger partial charge in [0, 0.05) is 18.4 Å². The van der Waals surface area contributed by atoms with Crippen LogP contribution in [0.1, 0.15) is 15.9 Å². The predicted octanol–water partition coefficient (Wildman–Crippen LogP) is 3.44. The number of rotatable bonds is 4. The molecular formula is C13H12BrNO3. The van der Waals surface area contributed by atoms with Crippen molar-refractivity contribution in [1.29, 1.82) is 0 Å². The van der Waals surface area contributed by atoms with Gasteiger partial charge in [-0.2, -0.15) is 0 Å². The number of para-hydroxylation sites is 1. The molecule has 1 heterocycles. The van der Waals surface area contributed by atoms with Crippen molar-refractivity contribution in [2.75, 3.05) is 12.4 Å². The number of carbonyl (C=O) groups is 1. The van der Waals surface area contributed by atoms with Gasteiger partial charge < -0.3 is 14.5 Å². The van der Waals surface area contributed by atoms with E-state index in [4.69, 9.17) is 9.15 Å². The third kappa shape index (κ3) is 2.80. The number of furan rings is 1. The molecule has 2 aromatic rings. The van der Waals surface area contributed by atoms with Crippen LogP contribution in [0.5, 0.6) is 0 Å². The van der Waals surface area contributed by atoms with Crippen molar-refractivity contribution in [1.82, 2.24) is 0 Å². The van der Waals surface area contributed by atoms with Crippen molar-refractivity contribution in [3.05, 3.63) is 52.4 Å². The largest absolute Gasteiger partial charge is 0.457 e. The Kier molecular flexibility index (Phi) is 4.17. The van der Waals surface area contributed by atoms with Gasteiger partial charge in [-0.15, -0.1) is 0 Å². The molecular weight excluding hydrogens is 298 g/mol. The van der Waals surface area contributed by atoms with Crippen LogP contribution >= 0.6 is 15.9 Å². The minimum Gasteiger partial charge on any atom is -0.457 e. The molecule has 4 nitrogen and oxygen atoms in total. The van der Waals surface area contributed by atoms with Gasteiger partial charge in [0.05, 0.1) is 18.4 Å². The van der Waals surface area contributed by atoms with Gasteiger partial charge in [0.15, 0.2) is 4.67 Å². The number of amides is 1. The third-order valence-electron chi connectivity index (χ3n) is 2.43. The first-order valence-corrected chi connectivity index (χ1v) is 6.13. The molecule has 0 aliphatic rings. The third-order valence-corrected chi connectivity index (χ3v) is 3.04. The van der Waals surface area contributed by atoms with Gasteiger partial charge >= 0.3 is 0 Å². The normalized spacial score (nSPS) is 10.3. The standard InChI is InChI=1S/C13H12BrNO3/c1-17-8-9-4-2-3-5-11(9)15-13(16)10-6-7-18-12(10)14/h2-7H,8H2,1H3,(H,15,16). The van der Waals surface area contributed by atoms with E-state index in [-0.39, 0.29) is 5.91 Å². The zero-order valence-corrected chi connectivity index (χ0v) is 11.4. The number of hydrogen-bond acceptors (Lipinski definition) is 3. The van der Waals surface area contributed by atoms with Crippen LogP contribution in [0.3, 0.4) is 0 Å². The van der Waals surface area contributed by atoms with Crippen molar-refractivity contribution in [2.24, 2.45) is 0 Å². The molecule has 0 saturated carbocycles. The number of anilines is 1. The smallest absolute Gasteiger partial charge is 0.260 e. The summed E-state index contributed by atoms with van der Waals surface area (Å²) in [4.78, 5) is 12.0. The van der Waals surface area contributed by atoms with Gasteiger partial charge in [0.25, 0.3) is 5.91 Å². The number of nitrogens with one attached hydrogen (secondary N) is 1. The summed E-state index contributed by atoms with van der Waals surface area (Å²) in [7, 11) is 1.62. The Labute approximate surface area is 113 Å². The molecule has 5 heteroatoms. The first-order valence-electron chi connectivity index (χ1n) is 5.33. The lowest BCUT2D eigenvalue weighted by Crippen LogP contribution is -2.13. The van der Waals surface area contributed by atoms with E-state index in [0.717, 1.165) is 11.3 Å². The summed E-state index contributed by atoms with van der Waals surface area (Å²) >= 11 is 3.18. The molecule has 0 aliphatic carbocycles. The van der Waals surface area contributed by atoms with E-state index in [1.165, 1.54) is 6.26 Å². The van der Waals surface area contributed by atoms with E-state index in [2.05, 4.69) is 21.2 Å². The van der Waals surface area contributed by atoms with Crippen molar-refractivity contribution in [3.63, 3.8) is 0 Å². The maximum absolute atomic E-state index is 12.0. The second kappa shape index (κ2) is 5.84. The van der Waals surface area contributed by atoms with Crippen LogP contribution < -0.4 is 5.32 Å².